The number of carboxylic acids is 1. The number of urea groups is 1. The number of hydrogen-bond donors (Lipinski definition) is 3. The van der Waals surface area contributed by atoms with Gasteiger partial charge >= 0.3 is 18.2 Å². The molecule has 1 unspecified atom stereocenters. The fourth-order valence-electron chi connectivity index (χ4n) is 1.37. The molecule has 1 aromatic carbocycles. The van der Waals surface area contributed by atoms with Crippen molar-refractivity contribution in [2.75, 3.05) is 11.6 Å². The van der Waals surface area contributed by atoms with Crippen molar-refractivity contribution in [2.24, 2.45) is 0 Å². The Kier molecular flexibility index (Phi) is 5.10. The zero-order valence-corrected chi connectivity index (χ0v) is 11.9. The van der Waals surface area contributed by atoms with E-state index < -0.39 is 23.7 Å². The number of hydrogen-bond acceptors (Lipinski definition) is 3. The van der Waals surface area contributed by atoms with Crippen LogP contribution in [-0.2, 0) is 4.79 Å². The molecule has 0 aliphatic carbocycles. The molecular formula is C12H13F3N2O3S. The molecule has 0 radical (unpaired) electrons. The second-order valence-corrected chi connectivity index (χ2v) is 5.06. The molecule has 0 aliphatic rings. The van der Waals surface area contributed by atoms with Gasteiger partial charge in [0.2, 0.25) is 5.54 Å². The zero-order valence-electron chi connectivity index (χ0n) is 11.1. The van der Waals surface area contributed by atoms with E-state index in [4.69, 9.17) is 5.11 Å². The number of nitrogens with one attached hydrogen (secondary N) is 2. The van der Waals surface area contributed by atoms with Crippen LogP contribution in [0.4, 0.5) is 23.7 Å². The number of anilines is 1. The Bertz CT molecular complexity index is 551. The summed E-state index contributed by atoms with van der Waals surface area (Å²) in [6.07, 6.45) is -3.40. The molecule has 116 valence electrons. The summed E-state index contributed by atoms with van der Waals surface area (Å²) in [7, 11) is 0. The highest BCUT2D eigenvalue weighted by Gasteiger charge is 2.58. The molecule has 0 aromatic heterocycles. The summed E-state index contributed by atoms with van der Waals surface area (Å²) in [5.41, 5.74) is -3.08. The molecule has 9 heteroatoms. The van der Waals surface area contributed by atoms with Gasteiger partial charge in [0.15, 0.2) is 0 Å². The first-order chi connectivity index (χ1) is 9.61. The van der Waals surface area contributed by atoms with Gasteiger partial charge in [0.05, 0.1) is 5.69 Å². The summed E-state index contributed by atoms with van der Waals surface area (Å²) < 4.78 is 38.3. The van der Waals surface area contributed by atoms with E-state index in [1.54, 1.807) is 24.5 Å². The summed E-state index contributed by atoms with van der Waals surface area (Å²) in [6, 6.07) is 5.21. The molecule has 0 saturated carbocycles. The number of benzene rings is 1. The summed E-state index contributed by atoms with van der Waals surface area (Å²) in [6.45, 7) is 0.384. The van der Waals surface area contributed by atoms with Crippen molar-refractivity contribution >= 4 is 29.4 Å². The average molecular weight is 322 g/mol. The summed E-state index contributed by atoms with van der Waals surface area (Å²) in [4.78, 5) is 23.1. The van der Waals surface area contributed by atoms with E-state index in [1.165, 1.54) is 23.1 Å². The maximum atomic E-state index is 12.8. The number of carbonyl (C=O) groups is 2. The molecule has 1 rings (SSSR count). The third-order valence-electron chi connectivity index (χ3n) is 2.71. The van der Waals surface area contributed by atoms with E-state index in [1.807, 2.05) is 0 Å². The van der Waals surface area contributed by atoms with Crippen molar-refractivity contribution in [3.8, 4) is 0 Å². The van der Waals surface area contributed by atoms with Gasteiger partial charge in [-0.15, -0.1) is 11.8 Å². The lowest BCUT2D eigenvalue weighted by Crippen LogP contribution is -2.62. The minimum atomic E-state index is -5.13. The number of halogens is 3. The van der Waals surface area contributed by atoms with Crippen molar-refractivity contribution in [1.82, 2.24) is 5.32 Å². The van der Waals surface area contributed by atoms with E-state index in [9.17, 15) is 22.8 Å². The van der Waals surface area contributed by atoms with Crippen LogP contribution in [0.15, 0.2) is 29.2 Å². The largest absolute Gasteiger partial charge is 0.479 e. The van der Waals surface area contributed by atoms with E-state index in [0.29, 0.717) is 11.8 Å². The second-order valence-electron chi connectivity index (χ2n) is 4.21. The van der Waals surface area contributed by atoms with Crippen LogP contribution in [0.25, 0.3) is 0 Å². The maximum Gasteiger partial charge on any atom is 0.422 e. The van der Waals surface area contributed by atoms with Crippen LogP contribution in [-0.4, -0.2) is 35.1 Å². The van der Waals surface area contributed by atoms with Crippen LogP contribution in [0.5, 0.6) is 0 Å². The number of thioether (sulfide) groups is 1. The van der Waals surface area contributed by atoms with E-state index in [0.717, 1.165) is 0 Å². The number of aliphatic carboxylic acids is 1. The molecule has 2 amide bonds. The lowest BCUT2D eigenvalue weighted by molar-refractivity contribution is -0.203. The van der Waals surface area contributed by atoms with Gasteiger partial charge in [-0.2, -0.15) is 13.2 Å². The van der Waals surface area contributed by atoms with Crippen LogP contribution < -0.4 is 10.6 Å². The Morgan fingerprint density at radius 3 is 2.29 bits per heavy atom. The molecule has 21 heavy (non-hydrogen) atoms. The lowest BCUT2D eigenvalue weighted by Gasteiger charge is -2.28. The molecule has 1 atom stereocenters. The molecule has 3 N–H and O–H groups in total. The van der Waals surface area contributed by atoms with Gasteiger partial charge in [-0.05, 0) is 25.3 Å². The summed E-state index contributed by atoms with van der Waals surface area (Å²) in [5.74, 6) is -2.19. The highest BCUT2D eigenvalue weighted by atomic mass is 32.2. The van der Waals surface area contributed by atoms with Crippen molar-refractivity contribution in [1.29, 1.82) is 0 Å². The van der Waals surface area contributed by atoms with E-state index in [-0.39, 0.29) is 5.69 Å². The average Bonchev–Trinajstić information content (AvgIpc) is 2.37. The first-order valence-corrected chi connectivity index (χ1v) is 6.86. The van der Waals surface area contributed by atoms with Crippen molar-refractivity contribution in [3.05, 3.63) is 24.3 Å². The second kappa shape index (κ2) is 6.25. The molecule has 0 bridgehead atoms. The Labute approximate surface area is 122 Å². The van der Waals surface area contributed by atoms with E-state index in [2.05, 4.69) is 5.32 Å². The topological polar surface area (TPSA) is 78.4 Å². The van der Waals surface area contributed by atoms with Gasteiger partial charge in [-0.1, -0.05) is 12.1 Å². The van der Waals surface area contributed by atoms with Gasteiger partial charge in [0.25, 0.3) is 0 Å². The SMILES string of the molecule is CSc1ccccc1NC(=O)NC(C)(C(=O)O)C(F)(F)F. The Hall–Kier alpha value is -1.90. The van der Waals surface area contributed by atoms with Gasteiger partial charge in [-0.25, -0.2) is 9.59 Å². The fraction of sp³-hybridized carbons (Fsp3) is 0.333. The Balaban J connectivity index is 2.92. The van der Waals surface area contributed by atoms with Crippen LogP contribution in [0.1, 0.15) is 6.92 Å². The van der Waals surface area contributed by atoms with Gasteiger partial charge in [0.1, 0.15) is 0 Å². The molecule has 0 fully saturated rings. The fourth-order valence-corrected chi connectivity index (χ4v) is 1.93. The first-order valence-electron chi connectivity index (χ1n) is 5.64. The minimum Gasteiger partial charge on any atom is -0.479 e. The molecule has 0 spiro atoms. The maximum absolute atomic E-state index is 12.8. The lowest BCUT2D eigenvalue weighted by atomic mass is 10.0. The van der Waals surface area contributed by atoms with Crippen LogP contribution in [0, 0.1) is 0 Å². The van der Waals surface area contributed by atoms with Crippen LogP contribution >= 0.6 is 11.8 Å². The molecule has 5 nitrogen and oxygen atoms in total. The van der Waals surface area contributed by atoms with Crippen LogP contribution in [0.2, 0.25) is 0 Å². The highest BCUT2D eigenvalue weighted by Crippen LogP contribution is 2.31. The number of carboxylic acid groups (broad SMARTS) is 1. The Morgan fingerprint density at radius 1 is 1.24 bits per heavy atom. The number of para-hydroxylation sites is 1. The summed E-state index contributed by atoms with van der Waals surface area (Å²) >= 11 is 1.29. The molecule has 0 saturated heterocycles. The third kappa shape index (κ3) is 3.81. The number of carbonyl (C=O) groups excluding carboxylic acids is 1. The minimum absolute atomic E-state index is 0.289. The first kappa shape index (κ1) is 17.2. The number of amides is 2. The highest BCUT2D eigenvalue weighted by molar-refractivity contribution is 7.98. The third-order valence-corrected chi connectivity index (χ3v) is 3.51. The van der Waals surface area contributed by atoms with Gasteiger partial charge in [-0.3, -0.25) is 0 Å². The normalized spacial score (nSPS) is 14.1. The van der Waals surface area contributed by atoms with Crippen LogP contribution in [0.3, 0.4) is 0 Å². The number of alkyl halides is 3. The number of rotatable bonds is 4. The van der Waals surface area contributed by atoms with Gasteiger partial charge in [0, 0.05) is 4.90 Å². The zero-order chi connectivity index (χ0) is 16.3. The van der Waals surface area contributed by atoms with Crippen molar-refractivity contribution in [3.63, 3.8) is 0 Å². The molecule has 1 aromatic rings. The quantitative estimate of drug-likeness (QED) is 0.745. The monoisotopic (exact) mass is 322 g/mol. The standard InChI is InChI=1S/C12H13F3N2O3S/c1-11(9(18)19,12(13,14)15)17-10(20)16-7-5-3-4-6-8(7)21-2/h3-6H,1-2H3,(H,18,19)(H2,16,17,20). The molecular weight excluding hydrogens is 309 g/mol. The van der Waals surface area contributed by atoms with E-state index >= 15 is 0 Å². The Morgan fingerprint density at radius 2 is 1.81 bits per heavy atom. The smallest absolute Gasteiger partial charge is 0.422 e. The summed E-state index contributed by atoms with van der Waals surface area (Å²) in [5, 5.41) is 12.4. The van der Waals surface area contributed by atoms with Crippen molar-refractivity contribution in [2.45, 2.75) is 23.5 Å². The predicted octanol–water partition coefficient (Wildman–Crippen LogP) is 2.94. The van der Waals surface area contributed by atoms with Gasteiger partial charge < -0.3 is 15.7 Å². The predicted molar refractivity (Wildman–Crippen MR) is 72.5 cm³/mol. The molecule has 0 aliphatic heterocycles. The molecule has 0 heterocycles. The van der Waals surface area contributed by atoms with Crippen molar-refractivity contribution < 1.29 is 27.9 Å².